The number of nitrogens with zero attached hydrogens (tertiary/aromatic N) is 1. The van der Waals surface area contributed by atoms with Crippen LogP contribution in [-0.2, 0) is 33.3 Å². The fraction of sp³-hybridized carbons (Fsp3) is 0.767. The van der Waals surface area contributed by atoms with Crippen LogP contribution in [-0.4, -0.2) is 82.3 Å². The summed E-state index contributed by atoms with van der Waals surface area (Å²) in [4.78, 5) is 37.6. The van der Waals surface area contributed by atoms with Gasteiger partial charge in [-0.25, -0.2) is 0 Å². The zero-order valence-corrected chi connectivity index (χ0v) is 65.6. The molecular formula is C90H159NO8. The first-order valence-corrected chi connectivity index (χ1v) is 42.0. The number of carboxylic acids is 1. The molecule has 0 saturated carbocycles. The number of rotatable bonds is 78. The van der Waals surface area contributed by atoms with Crippen LogP contribution < -0.4 is 5.11 Å². The topological polar surface area (TPSA) is 111 Å². The molecule has 0 rings (SSSR count). The highest BCUT2D eigenvalue weighted by atomic mass is 16.7. The lowest BCUT2D eigenvalue weighted by Crippen LogP contribution is -2.44. The Bertz CT molecular complexity index is 2000. The van der Waals surface area contributed by atoms with Crippen molar-refractivity contribution >= 4 is 17.9 Å². The fourth-order valence-corrected chi connectivity index (χ4v) is 12.1. The van der Waals surface area contributed by atoms with E-state index in [9.17, 15) is 19.5 Å². The first-order chi connectivity index (χ1) is 48.6. The molecule has 0 fully saturated rings. The number of allylic oxidation sites excluding steroid dienone is 18. The van der Waals surface area contributed by atoms with Crippen LogP contribution in [0.1, 0.15) is 386 Å². The van der Waals surface area contributed by atoms with Gasteiger partial charge >= 0.3 is 11.9 Å². The highest BCUT2D eigenvalue weighted by molar-refractivity contribution is 5.70. The Balaban J connectivity index is 3.99. The van der Waals surface area contributed by atoms with Gasteiger partial charge in [-0.2, -0.15) is 0 Å². The second-order valence-corrected chi connectivity index (χ2v) is 29.4. The Hall–Kier alpha value is -4.05. The van der Waals surface area contributed by atoms with E-state index in [1.807, 2.05) is 21.1 Å². The molecule has 0 aromatic rings. The fourth-order valence-electron chi connectivity index (χ4n) is 12.1. The van der Waals surface area contributed by atoms with E-state index in [4.69, 9.17) is 18.9 Å². The summed E-state index contributed by atoms with van der Waals surface area (Å²) in [5.41, 5.74) is 0. The van der Waals surface area contributed by atoms with Gasteiger partial charge in [-0.15, -0.1) is 0 Å². The van der Waals surface area contributed by atoms with Gasteiger partial charge in [0.25, 0.3) is 0 Å². The Labute approximate surface area is 613 Å². The molecule has 0 aliphatic carbocycles. The molecule has 0 aliphatic heterocycles. The van der Waals surface area contributed by atoms with Crippen LogP contribution in [0.15, 0.2) is 109 Å². The minimum absolute atomic E-state index is 0.143. The molecule has 0 radical (unpaired) electrons. The zero-order valence-electron chi connectivity index (χ0n) is 65.6. The van der Waals surface area contributed by atoms with E-state index >= 15 is 0 Å². The number of hydrogen-bond donors (Lipinski definition) is 0. The number of ether oxygens (including phenoxy) is 4. The number of carbonyl (C=O) groups excluding carboxylic acids is 3. The van der Waals surface area contributed by atoms with Crippen molar-refractivity contribution in [1.29, 1.82) is 0 Å². The summed E-state index contributed by atoms with van der Waals surface area (Å²) in [6, 6.07) is 0. The van der Waals surface area contributed by atoms with Gasteiger partial charge in [-0.1, -0.05) is 380 Å². The molecule has 0 heterocycles. The molecule has 0 aromatic carbocycles. The highest BCUT2D eigenvalue weighted by Gasteiger charge is 2.22. The predicted molar refractivity (Wildman–Crippen MR) is 426 cm³/mol. The van der Waals surface area contributed by atoms with Crippen LogP contribution in [0.25, 0.3) is 0 Å². The van der Waals surface area contributed by atoms with Gasteiger partial charge < -0.3 is 33.3 Å². The molecule has 0 saturated heterocycles. The van der Waals surface area contributed by atoms with Crippen molar-refractivity contribution in [1.82, 2.24) is 0 Å². The Morgan fingerprint density at radius 3 is 0.869 bits per heavy atom. The molecule has 0 aromatic heterocycles. The van der Waals surface area contributed by atoms with Crippen molar-refractivity contribution in [2.24, 2.45) is 0 Å². The minimum atomic E-state index is -1.63. The van der Waals surface area contributed by atoms with Crippen molar-refractivity contribution in [3.8, 4) is 0 Å². The summed E-state index contributed by atoms with van der Waals surface area (Å²) in [7, 11) is 5.94. The van der Waals surface area contributed by atoms with Gasteiger partial charge in [-0.05, 0) is 103 Å². The lowest BCUT2D eigenvalue weighted by Gasteiger charge is -2.26. The van der Waals surface area contributed by atoms with E-state index in [0.717, 1.165) is 96.3 Å². The first kappa shape index (κ1) is 94.9. The summed E-state index contributed by atoms with van der Waals surface area (Å²) < 4.78 is 22.9. The zero-order chi connectivity index (χ0) is 71.8. The quantitative estimate of drug-likeness (QED) is 0.0195. The Morgan fingerprint density at radius 1 is 0.313 bits per heavy atom. The Kier molecular flexibility index (Phi) is 76.4. The van der Waals surface area contributed by atoms with E-state index in [1.54, 1.807) is 0 Å². The third-order valence-electron chi connectivity index (χ3n) is 18.5. The van der Waals surface area contributed by atoms with E-state index in [1.165, 1.54) is 257 Å². The van der Waals surface area contributed by atoms with Crippen LogP contribution >= 0.6 is 0 Å². The lowest BCUT2D eigenvalue weighted by atomic mass is 10.0. The third kappa shape index (κ3) is 81.1. The monoisotopic (exact) mass is 1380 g/mol. The molecule has 99 heavy (non-hydrogen) atoms. The van der Waals surface area contributed by atoms with Crippen molar-refractivity contribution in [2.45, 2.75) is 399 Å². The lowest BCUT2D eigenvalue weighted by molar-refractivity contribution is -0.870. The SMILES string of the molecule is CC/C=C\C/C=C\C/C=C\C/C=C\C/C=C\C/C=C\C/C=C\C/C=C\CCCCCCCCCCC(=O)OC(COC(=O)CCCCCCCCCCCCCCCCCCCCCCCCCCCCCCC/C=C\CCCCCCCCCC)COC(OCC[N+](C)(C)C)C(=O)[O-]. The predicted octanol–water partition coefficient (Wildman–Crippen LogP) is 25.9. The number of carbonyl (C=O) groups is 3. The number of likely N-dealkylation sites (N-methyl/N-ethyl adjacent to an activating group) is 1. The van der Waals surface area contributed by atoms with Gasteiger partial charge in [0, 0.05) is 12.8 Å². The van der Waals surface area contributed by atoms with E-state index < -0.39 is 24.3 Å². The second-order valence-electron chi connectivity index (χ2n) is 29.4. The Morgan fingerprint density at radius 2 is 0.576 bits per heavy atom. The van der Waals surface area contributed by atoms with Gasteiger partial charge in [-0.3, -0.25) is 9.59 Å². The summed E-state index contributed by atoms with van der Waals surface area (Å²) in [5.74, 6) is -2.28. The summed E-state index contributed by atoms with van der Waals surface area (Å²) in [6.45, 7) is 4.66. The summed E-state index contributed by atoms with van der Waals surface area (Å²) >= 11 is 0. The van der Waals surface area contributed by atoms with Crippen molar-refractivity contribution in [3.63, 3.8) is 0 Å². The van der Waals surface area contributed by atoms with Crippen LogP contribution in [0.2, 0.25) is 0 Å². The summed E-state index contributed by atoms with van der Waals surface area (Å²) in [6.07, 6.45) is 109. The molecule has 2 atom stereocenters. The number of hydrogen-bond acceptors (Lipinski definition) is 8. The second kappa shape index (κ2) is 79.6. The van der Waals surface area contributed by atoms with E-state index in [0.29, 0.717) is 17.4 Å². The maximum absolute atomic E-state index is 13.0. The number of unbranched alkanes of at least 4 members (excludes halogenated alkanes) is 45. The smallest absolute Gasteiger partial charge is 0.306 e. The number of quaternary nitrogens is 1. The number of esters is 2. The van der Waals surface area contributed by atoms with Gasteiger partial charge in [0.2, 0.25) is 0 Å². The summed E-state index contributed by atoms with van der Waals surface area (Å²) in [5, 5.41) is 11.9. The van der Waals surface area contributed by atoms with Crippen molar-refractivity contribution < 1.29 is 42.9 Å². The molecular weight excluding hydrogens is 1220 g/mol. The van der Waals surface area contributed by atoms with Crippen LogP contribution in [0.5, 0.6) is 0 Å². The first-order valence-electron chi connectivity index (χ1n) is 42.0. The minimum Gasteiger partial charge on any atom is -0.545 e. The van der Waals surface area contributed by atoms with E-state index in [-0.39, 0.29) is 38.6 Å². The maximum atomic E-state index is 13.0. The molecule has 9 nitrogen and oxygen atoms in total. The maximum Gasteiger partial charge on any atom is 0.306 e. The van der Waals surface area contributed by atoms with Gasteiger partial charge in [0.1, 0.15) is 13.2 Å². The molecule has 9 heteroatoms. The number of carboxylic acid groups (broad SMARTS) is 1. The average molecular weight is 1380 g/mol. The largest absolute Gasteiger partial charge is 0.545 e. The molecule has 2 unspecified atom stereocenters. The molecule has 0 aliphatic rings. The average Bonchev–Trinajstić information content (AvgIpc) is 1.57. The highest BCUT2D eigenvalue weighted by Crippen LogP contribution is 2.19. The van der Waals surface area contributed by atoms with Crippen LogP contribution in [0.4, 0.5) is 0 Å². The normalized spacial score (nSPS) is 13.2. The molecule has 0 bridgehead atoms. The van der Waals surface area contributed by atoms with Crippen molar-refractivity contribution in [2.75, 3.05) is 47.5 Å². The van der Waals surface area contributed by atoms with Crippen molar-refractivity contribution in [3.05, 3.63) is 109 Å². The molecule has 572 valence electrons. The number of aliphatic carboxylic acids is 1. The molecule has 0 spiro atoms. The van der Waals surface area contributed by atoms with E-state index in [2.05, 4.69) is 123 Å². The van der Waals surface area contributed by atoms with Gasteiger partial charge in [0.05, 0.1) is 40.3 Å². The standard InChI is InChI=1S/C90H159NO8/c1-6-8-10-12-14-16-18-20-22-24-26-28-30-32-34-36-38-40-41-42-43-44-45-46-47-49-50-52-54-56-58-60-62-64-66-68-70-72-74-76-78-80-87(92)97-84-86(85-98-90(89(94)95)96-83-82-91(3,4)5)99-88(93)81-79-77-75-73-71-69-67-65-63-61-59-57-55-53-51-48-39-37-35-33-31-29-27-25-23-21-19-17-15-13-11-9-7-2/h9,11,15,17,21,23-24,26-27,29,33,35,39,48,53,55,59,61,86,90H,6-8,10,12-14,16,18-20,22,25,28,30-32,34,36-38,40-47,49-52,54,56-58,60,62-85H2,1-5H3/b11-9-,17-15-,23-21-,26-24-,29-27-,35-33-,48-39-,55-53-,61-59-. The molecule has 0 N–H and O–H groups in total. The van der Waals surface area contributed by atoms with Gasteiger partial charge in [0.15, 0.2) is 12.4 Å². The third-order valence-corrected chi connectivity index (χ3v) is 18.5. The van der Waals surface area contributed by atoms with Crippen LogP contribution in [0.3, 0.4) is 0 Å². The van der Waals surface area contributed by atoms with Crippen LogP contribution in [0, 0.1) is 0 Å². The molecule has 0 amide bonds.